The van der Waals surface area contributed by atoms with Crippen molar-refractivity contribution in [2.45, 2.75) is 26.7 Å². The summed E-state index contributed by atoms with van der Waals surface area (Å²) in [5.41, 5.74) is 7.03. The van der Waals surface area contributed by atoms with E-state index in [2.05, 4.69) is 15.9 Å². The zero-order valence-electron chi connectivity index (χ0n) is 14.5. The van der Waals surface area contributed by atoms with Crippen molar-refractivity contribution >= 4 is 27.7 Å². The Balaban J connectivity index is 2.76. The number of ketones is 1. The van der Waals surface area contributed by atoms with Gasteiger partial charge in [-0.25, -0.2) is 4.79 Å². The zero-order valence-corrected chi connectivity index (χ0v) is 16.1. The van der Waals surface area contributed by atoms with E-state index in [-0.39, 0.29) is 23.8 Å². The summed E-state index contributed by atoms with van der Waals surface area (Å²) in [5.74, 6) is -0.788. The normalized spacial score (nSPS) is 17.2. The number of nitrogens with two attached hydrogens (primary N) is 1. The molecule has 0 unspecified atom stereocenters. The van der Waals surface area contributed by atoms with E-state index in [1.807, 2.05) is 6.07 Å². The molecule has 1 aliphatic heterocycles. The van der Waals surface area contributed by atoms with Gasteiger partial charge in [-0.1, -0.05) is 15.9 Å². The molecule has 1 aromatic carbocycles. The first-order valence-corrected chi connectivity index (χ1v) is 8.50. The van der Waals surface area contributed by atoms with Gasteiger partial charge in [-0.05, 0) is 39.0 Å². The van der Waals surface area contributed by atoms with Gasteiger partial charge < -0.3 is 19.9 Å². The number of carbonyl (C=O) groups excluding carboxylic acids is 2. The van der Waals surface area contributed by atoms with Crippen LogP contribution >= 0.6 is 15.9 Å². The van der Waals surface area contributed by atoms with E-state index in [1.165, 1.54) is 14.0 Å². The molecule has 0 fully saturated rings. The largest absolute Gasteiger partial charge is 0.496 e. The molecule has 2 rings (SSSR count). The van der Waals surface area contributed by atoms with Crippen molar-refractivity contribution in [3.63, 3.8) is 0 Å². The Morgan fingerprint density at radius 3 is 2.56 bits per heavy atom. The van der Waals surface area contributed by atoms with Crippen LogP contribution in [-0.4, -0.2) is 25.5 Å². The molecule has 134 valence electrons. The molecule has 0 bridgehead atoms. The lowest BCUT2D eigenvalue weighted by atomic mass is 9.80. The zero-order chi connectivity index (χ0) is 18.7. The summed E-state index contributed by atoms with van der Waals surface area (Å²) < 4.78 is 16.8. The van der Waals surface area contributed by atoms with E-state index in [9.17, 15) is 9.59 Å². The molecule has 1 aliphatic rings. The number of esters is 1. The summed E-state index contributed by atoms with van der Waals surface area (Å²) in [6.07, 6.45) is 0. The number of Topliss-reactive ketones (excluding diaryl/α,β-unsaturated/α-hetero) is 1. The number of halogens is 1. The maximum absolute atomic E-state index is 12.5. The third-order valence-electron chi connectivity index (χ3n) is 3.86. The fraction of sp³-hybridized carbons (Fsp3) is 0.333. The lowest BCUT2D eigenvalue weighted by molar-refractivity contribution is -0.139. The Hall–Kier alpha value is -2.28. The van der Waals surface area contributed by atoms with Crippen LogP contribution in [0.5, 0.6) is 5.75 Å². The van der Waals surface area contributed by atoms with Crippen molar-refractivity contribution in [1.82, 2.24) is 0 Å². The summed E-state index contributed by atoms with van der Waals surface area (Å²) in [6, 6.07) is 5.35. The first-order chi connectivity index (χ1) is 11.8. The SMILES string of the molecule is CCOC(=O)C1=C(N)OC(C)=C(C(C)=O)[C@@H]1c1cc(Br)ccc1OC. The highest BCUT2D eigenvalue weighted by molar-refractivity contribution is 9.10. The number of methoxy groups -OCH3 is 1. The highest BCUT2D eigenvalue weighted by Crippen LogP contribution is 2.44. The summed E-state index contributed by atoms with van der Waals surface area (Å²) >= 11 is 3.42. The van der Waals surface area contributed by atoms with Crippen LogP contribution in [0.3, 0.4) is 0 Å². The van der Waals surface area contributed by atoms with Crippen LogP contribution in [0, 0.1) is 0 Å². The molecule has 1 heterocycles. The van der Waals surface area contributed by atoms with Crippen LogP contribution < -0.4 is 10.5 Å². The number of carbonyl (C=O) groups is 2. The Labute approximate surface area is 154 Å². The molecule has 0 spiro atoms. The van der Waals surface area contributed by atoms with Crippen molar-refractivity contribution < 1.29 is 23.8 Å². The van der Waals surface area contributed by atoms with Gasteiger partial charge in [0.15, 0.2) is 5.78 Å². The second kappa shape index (κ2) is 7.74. The van der Waals surface area contributed by atoms with E-state index >= 15 is 0 Å². The third-order valence-corrected chi connectivity index (χ3v) is 4.36. The Bertz CT molecular complexity index is 782. The van der Waals surface area contributed by atoms with Gasteiger partial charge in [0.25, 0.3) is 0 Å². The molecule has 1 atom stereocenters. The average Bonchev–Trinajstić information content (AvgIpc) is 2.53. The van der Waals surface area contributed by atoms with Gasteiger partial charge in [0, 0.05) is 15.6 Å². The predicted molar refractivity (Wildman–Crippen MR) is 95.7 cm³/mol. The van der Waals surface area contributed by atoms with Crippen molar-refractivity contribution in [2.75, 3.05) is 13.7 Å². The minimum absolute atomic E-state index is 0.0759. The number of allylic oxidation sites excluding steroid dienone is 2. The van der Waals surface area contributed by atoms with Crippen LogP contribution in [0.15, 0.2) is 45.5 Å². The lowest BCUT2D eigenvalue weighted by Gasteiger charge is -2.29. The molecule has 25 heavy (non-hydrogen) atoms. The second-order valence-corrected chi connectivity index (χ2v) is 6.36. The van der Waals surface area contributed by atoms with Crippen molar-refractivity contribution in [3.8, 4) is 5.75 Å². The number of hydrogen-bond acceptors (Lipinski definition) is 6. The van der Waals surface area contributed by atoms with Gasteiger partial charge >= 0.3 is 5.97 Å². The minimum Gasteiger partial charge on any atom is -0.496 e. The Morgan fingerprint density at radius 1 is 1.32 bits per heavy atom. The molecule has 7 heteroatoms. The molecule has 0 saturated heterocycles. The first kappa shape index (κ1) is 19.1. The predicted octanol–water partition coefficient (Wildman–Crippen LogP) is 3.17. The smallest absolute Gasteiger partial charge is 0.340 e. The van der Waals surface area contributed by atoms with Crippen LogP contribution in [0.1, 0.15) is 32.3 Å². The Kier molecular flexibility index (Phi) is 5.89. The summed E-state index contributed by atoms with van der Waals surface area (Å²) in [6.45, 7) is 4.93. The topological polar surface area (TPSA) is 87.9 Å². The molecule has 1 aromatic rings. The van der Waals surface area contributed by atoms with Crippen molar-refractivity contribution in [3.05, 3.63) is 51.0 Å². The minimum atomic E-state index is -0.738. The van der Waals surface area contributed by atoms with Gasteiger partial charge in [-0.2, -0.15) is 0 Å². The fourth-order valence-corrected chi connectivity index (χ4v) is 3.26. The molecular formula is C18H20BrNO5. The summed E-state index contributed by atoms with van der Waals surface area (Å²) in [4.78, 5) is 24.8. The molecular weight excluding hydrogens is 390 g/mol. The van der Waals surface area contributed by atoms with Gasteiger partial charge in [-0.3, -0.25) is 4.79 Å². The monoisotopic (exact) mass is 409 g/mol. The fourth-order valence-electron chi connectivity index (χ4n) is 2.89. The molecule has 0 aliphatic carbocycles. The van der Waals surface area contributed by atoms with Crippen molar-refractivity contribution in [1.29, 1.82) is 0 Å². The number of ether oxygens (including phenoxy) is 3. The second-order valence-electron chi connectivity index (χ2n) is 5.45. The number of rotatable bonds is 5. The van der Waals surface area contributed by atoms with Crippen molar-refractivity contribution in [2.24, 2.45) is 5.73 Å². The van der Waals surface area contributed by atoms with Gasteiger partial charge in [0.05, 0.1) is 19.6 Å². The van der Waals surface area contributed by atoms with Crippen LogP contribution in [0.4, 0.5) is 0 Å². The molecule has 0 radical (unpaired) electrons. The molecule has 6 nitrogen and oxygen atoms in total. The summed E-state index contributed by atoms with van der Waals surface area (Å²) in [5, 5.41) is 0. The van der Waals surface area contributed by atoms with Crippen LogP contribution in [0.2, 0.25) is 0 Å². The van der Waals surface area contributed by atoms with E-state index in [0.717, 1.165) is 4.47 Å². The maximum atomic E-state index is 12.5. The Morgan fingerprint density at radius 2 is 2.00 bits per heavy atom. The summed E-state index contributed by atoms with van der Waals surface area (Å²) in [7, 11) is 1.52. The molecule has 0 amide bonds. The third kappa shape index (κ3) is 3.71. The van der Waals surface area contributed by atoms with Gasteiger partial charge in [0.1, 0.15) is 17.1 Å². The van der Waals surface area contributed by atoms with Crippen LogP contribution in [0.25, 0.3) is 0 Å². The highest BCUT2D eigenvalue weighted by Gasteiger charge is 2.39. The van der Waals surface area contributed by atoms with E-state index < -0.39 is 11.9 Å². The molecule has 2 N–H and O–H groups in total. The lowest BCUT2D eigenvalue weighted by Crippen LogP contribution is -2.29. The van der Waals surface area contributed by atoms with Gasteiger partial charge in [-0.15, -0.1) is 0 Å². The van der Waals surface area contributed by atoms with E-state index in [0.29, 0.717) is 22.6 Å². The maximum Gasteiger partial charge on any atom is 0.340 e. The van der Waals surface area contributed by atoms with Gasteiger partial charge in [0.2, 0.25) is 5.88 Å². The average molecular weight is 410 g/mol. The quantitative estimate of drug-likeness (QED) is 0.751. The number of hydrogen-bond donors (Lipinski definition) is 1. The molecule has 0 aromatic heterocycles. The standard InChI is InChI=1S/C18H20BrNO5/c1-5-24-18(22)16-15(12-8-11(19)6-7-13(12)23-4)14(9(2)21)10(3)25-17(16)20/h6-8,15H,5,20H2,1-4H3/t15-/m0/s1. The van der Waals surface area contributed by atoms with E-state index in [4.69, 9.17) is 19.9 Å². The van der Waals surface area contributed by atoms with Crippen LogP contribution in [-0.2, 0) is 19.1 Å². The first-order valence-electron chi connectivity index (χ1n) is 7.71. The van der Waals surface area contributed by atoms with E-state index in [1.54, 1.807) is 26.0 Å². The highest BCUT2D eigenvalue weighted by atomic mass is 79.9. The molecule has 0 saturated carbocycles. The number of benzene rings is 1.